The quantitative estimate of drug-likeness (QED) is 0.613. The maximum absolute atomic E-state index is 12.8. The number of hydrogen-bond acceptors (Lipinski definition) is 5. The van der Waals surface area contributed by atoms with Gasteiger partial charge in [-0.1, -0.05) is 31.2 Å². The molecule has 2 N–H and O–H groups in total. The van der Waals surface area contributed by atoms with Crippen LogP contribution in [0.25, 0.3) is 10.9 Å². The molecule has 0 fully saturated rings. The Morgan fingerprint density at radius 3 is 2.66 bits per heavy atom. The lowest BCUT2D eigenvalue weighted by Gasteiger charge is -2.26. The fourth-order valence-electron chi connectivity index (χ4n) is 3.18. The summed E-state index contributed by atoms with van der Waals surface area (Å²) >= 11 is 0. The van der Waals surface area contributed by atoms with Gasteiger partial charge in [0.15, 0.2) is 0 Å². The van der Waals surface area contributed by atoms with Crippen LogP contribution in [0, 0.1) is 0 Å². The zero-order valence-corrected chi connectivity index (χ0v) is 16.9. The second-order valence-corrected chi connectivity index (χ2v) is 6.69. The Hall–Kier alpha value is -3.19. The molecule has 3 aromatic rings. The molecule has 0 spiro atoms. The molecule has 1 amide bonds. The molecule has 1 heterocycles. The van der Waals surface area contributed by atoms with Gasteiger partial charge in [0.05, 0.1) is 35.8 Å². The topological polar surface area (TPSA) is 87.3 Å². The van der Waals surface area contributed by atoms with Crippen molar-refractivity contribution in [3.05, 3.63) is 64.7 Å². The number of H-pyrrole nitrogens is 1. The first kappa shape index (κ1) is 20.5. The summed E-state index contributed by atoms with van der Waals surface area (Å²) in [6.45, 7) is 7.21. The minimum Gasteiger partial charge on any atom is -0.492 e. The van der Waals surface area contributed by atoms with Crippen molar-refractivity contribution >= 4 is 22.5 Å². The number of likely N-dealkylation sites (N-methyl/N-ethyl adjacent to an activating group) is 1. The Bertz CT molecular complexity index is 1050. The predicted octanol–water partition coefficient (Wildman–Crippen LogP) is 3.17. The van der Waals surface area contributed by atoms with E-state index in [1.165, 1.54) is 0 Å². The lowest BCUT2D eigenvalue weighted by Crippen LogP contribution is -2.42. The van der Waals surface area contributed by atoms with E-state index in [0.29, 0.717) is 47.9 Å². The zero-order chi connectivity index (χ0) is 20.8. The number of fused-ring (bicyclic) bond motifs is 1. The van der Waals surface area contributed by atoms with Crippen molar-refractivity contribution < 1.29 is 9.53 Å². The highest BCUT2D eigenvalue weighted by Crippen LogP contribution is 2.24. The van der Waals surface area contributed by atoms with Gasteiger partial charge < -0.3 is 15.0 Å². The lowest BCUT2D eigenvalue weighted by atomic mass is 10.2. The second-order valence-electron chi connectivity index (χ2n) is 6.69. The smallest absolute Gasteiger partial charge is 0.258 e. The molecule has 0 bridgehead atoms. The van der Waals surface area contributed by atoms with Crippen LogP contribution in [0.3, 0.4) is 0 Å². The first-order chi connectivity index (χ1) is 14.0. The van der Waals surface area contributed by atoms with Crippen LogP contribution in [0.2, 0.25) is 0 Å². The van der Waals surface area contributed by atoms with Crippen LogP contribution in [0.5, 0.6) is 5.75 Å². The maximum Gasteiger partial charge on any atom is 0.258 e. The van der Waals surface area contributed by atoms with E-state index >= 15 is 0 Å². The predicted molar refractivity (Wildman–Crippen MR) is 114 cm³/mol. The highest BCUT2D eigenvalue weighted by molar-refractivity contribution is 5.95. The summed E-state index contributed by atoms with van der Waals surface area (Å²) < 4.78 is 5.58. The van der Waals surface area contributed by atoms with Crippen LogP contribution in [-0.2, 0) is 11.3 Å². The van der Waals surface area contributed by atoms with Gasteiger partial charge in [-0.25, -0.2) is 4.98 Å². The number of nitrogens with zero attached hydrogens (tertiary/aromatic N) is 2. The average molecular weight is 394 g/mol. The molecule has 1 unspecified atom stereocenters. The van der Waals surface area contributed by atoms with Crippen molar-refractivity contribution in [3.63, 3.8) is 0 Å². The minimum absolute atomic E-state index is 0.151. The standard InChI is InChI=1S/C22H26N4O3/c1-4-26(14-20-23-17-11-7-6-10-16(17)22(28)25-20)15(3)21(27)24-18-12-8-9-13-19(18)29-5-2/h6-13,15H,4-5,14H2,1-3H3,(H,24,27)(H,23,25,28). The number of aromatic nitrogens is 2. The van der Waals surface area contributed by atoms with Crippen LogP contribution in [-0.4, -0.2) is 40.0 Å². The van der Waals surface area contributed by atoms with E-state index in [9.17, 15) is 9.59 Å². The van der Waals surface area contributed by atoms with Crippen LogP contribution >= 0.6 is 0 Å². The fourth-order valence-corrected chi connectivity index (χ4v) is 3.18. The highest BCUT2D eigenvalue weighted by Gasteiger charge is 2.22. The third-order valence-corrected chi connectivity index (χ3v) is 4.79. The van der Waals surface area contributed by atoms with Gasteiger partial charge in [0.1, 0.15) is 11.6 Å². The van der Waals surface area contributed by atoms with Crippen molar-refractivity contribution in [1.82, 2.24) is 14.9 Å². The van der Waals surface area contributed by atoms with E-state index in [-0.39, 0.29) is 11.5 Å². The van der Waals surface area contributed by atoms with Crippen LogP contribution in [0.15, 0.2) is 53.3 Å². The Kier molecular flexibility index (Phi) is 6.61. The number of hydrogen-bond donors (Lipinski definition) is 2. The molecule has 1 atom stereocenters. The summed E-state index contributed by atoms with van der Waals surface area (Å²) in [5, 5.41) is 3.49. The van der Waals surface area contributed by atoms with Gasteiger partial charge in [-0.05, 0) is 44.7 Å². The molecule has 7 heteroatoms. The Labute approximate surface area is 169 Å². The van der Waals surface area contributed by atoms with Gasteiger partial charge in [-0.2, -0.15) is 0 Å². The average Bonchev–Trinajstić information content (AvgIpc) is 2.73. The third kappa shape index (κ3) is 4.81. The first-order valence-corrected chi connectivity index (χ1v) is 9.78. The number of nitrogens with one attached hydrogen (secondary N) is 2. The molecular formula is C22H26N4O3. The fraction of sp³-hybridized carbons (Fsp3) is 0.318. The van der Waals surface area contributed by atoms with E-state index in [2.05, 4.69) is 15.3 Å². The Morgan fingerprint density at radius 1 is 1.17 bits per heavy atom. The number of para-hydroxylation sites is 3. The van der Waals surface area contributed by atoms with Crippen molar-refractivity contribution in [1.29, 1.82) is 0 Å². The largest absolute Gasteiger partial charge is 0.492 e. The van der Waals surface area contributed by atoms with Gasteiger partial charge >= 0.3 is 0 Å². The lowest BCUT2D eigenvalue weighted by molar-refractivity contribution is -0.120. The van der Waals surface area contributed by atoms with Crippen LogP contribution in [0.4, 0.5) is 5.69 Å². The molecule has 7 nitrogen and oxygen atoms in total. The number of amides is 1. The normalized spacial score (nSPS) is 12.1. The summed E-state index contributed by atoms with van der Waals surface area (Å²) in [6.07, 6.45) is 0. The zero-order valence-electron chi connectivity index (χ0n) is 16.9. The third-order valence-electron chi connectivity index (χ3n) is 4.79. The number of ether oxygens (including phenoxy) is 1. The van der Waals surface area contributed by atoms with Gasteiger partial charge in [-0.15, -0.1) is 0 Å². The molecule has 0 saturated heterocycles. The van der Waals surface area contributed by atoms with Crippen LogP contribution < -0.4 is 15.6 Å². The van der Waals surface area contributed by atoms with E-state index < -0.39 is 6.04 Å². The summed E-state index contributed by atoms with van der Waals surface area (Å²) in [5.74, 6) is 1.02. The molecule has 2 aromatic carbocycles. The molecule has 0 aliphatic carbocycles. The van der Waals surface area contributed by atoms with E-state index in [0.717, 1.165) is 0 Å². The monoisotopic (exact) mass is 394 g/mol. The molecule has 0 radical (unpaired) electrons. The van der Waals surface area contributed by atoms with Crippen molar-refractivity contribution in [2.45, 2.75) is 33.4 Å². The minimum atomic E-state index is -0.425. The van der Waals surface area contributed by atoms with Gasteiger partial charge in [0, 0.05) is 0 Å². The molecular weight excluding hydrogens is 368 g/mol. The van der Waals surface area contributed by atoms with Crippen molar-refractivity contribution in [3.8, 4) is 5.75 Å². The molecule has 3 rings (SSSR count). The number of rotatable bonds is 8. The Morgan fingerprint density at radius 2 is 1.90 bits per heavy atom. The van der Waals surface area contributed by atoms with Crippen LogP contribution in [0.1, 0.15) is 26.6 Å². The highest BCUT2D eigenvalue weighted by atomic mass is 16.5. The number of aromatic amines is 1. The number of carbonyl (C=O) groups excluding carboxylic acids is 1. The molecule has 152 valence electrons. The maximum atomic E-state index is 12.8. The number of carbonyl (C=O) groups is 1. The molecule has 1 aromatic heterocycles. The molecule has 0 aliphatic heterocycles. The summed E-state index contributed by atoms with van der Waals surface area (Å²) in [7, 11) is 0. The Balaban J connectivity index is 1.76. The number of anilines is 1. The van der Waals surface area contributed by atoms with E-state index in [1.807, 2.05) is 68.1 Å². The SMILES string of the molecule is CCOc1ccccc1NC(=O)C(C)N(CC)Cc1nc2ccccc2c(=O)[nH]1. The van der Waals surface area contributed by atoms with Crippen molar-refractivity contribution in [2.24, 2.45) is 0 Å². The molecule has 0 saturated carbocycles. The molecule has 29 heavy (non-hydrogen) atoms. The van der Waals surface area contributed by atoms with Gasteiger partial charge in [0.25, 0.3) is 5.56 Å². The summed E-state index contributed by atoms with van der Waals surface area (Å²) in [4.78, 5) is 34.5. The van der Waals surface area contributed by atoms with E-state index in [1.54, 1.807) is 6.07 Å². The van der Waals surface area contributed by atoms with Gasteiger partial charge in [0.2, 0.25) is 5.91 Å². The van der Waals surface area contributed by atoms with Gasteiger partial charge in [-0.3, -0.25) is 14.5 Å². The second kappa shape index (κ2) is 9.34. The first-order valence-electron chi connectivity index (χ1n) is 9.78. The van der Waals surface area contributed by atoms with E-state index in [4.69, 9.17) is 4.74 Å². The summed E-state index contributed by atoms with van der Waals surface area (Å²) in [5.41, 5.74) is 1.11. The van der Waals surface area contributed by atoms with Crippen molar-refractivity contribution in [2.75, 3.05) is 18.5 Å². The summed E-state index contributed by atoms with van der Waals surface area (Å²) in [6, 6.07) is 14.1. The molecule has 0 aliphatic rings. The number of benzene rings is 2.